The Hall–Kier alpha value is -2.44. The normalized spacial score (nSPS) is 13.8. The van der Waals surface area contributed by atoms with Crippen LogP contribution in [0.15, 0.2) is 60.8 Å². The first-order valence-corrected chi connectivity index (χ1v) is 24.0. The lowest BCUT2D eigenvalue weighted by Crippen LogP contribution is -2.46. The van der Waals surface area contributed by atoms with Crippen molar-refractivity contribution in [3.63, 3.8) is 0 Å². The summed E-state index contributed by atoms with van der Waals surface area (Å²) in [4.78, 5) is 26.0. The van der Waals surface area contributed by atoms with Crippen molar-refractivity contribution in [2.75, 3.05) is 6.61 Å². The second-order valence-corrected chi connectivity index (χ2v) is 16.1. The molecule has 0 radical (unpaired) electrons. The van der Waals surface area contributed by atoms with E-state index in [1.54, 1.807) is 0 Å². The minimum Gasteiger partial charge on any atom is -0.462 e. The summed E-state index contributed by atoms with van der Waals surface area (Å²) in [5, 5.41) is 23.7. The minimum absolute atomic E-state index is 0.0523. The van der Waals surface area contributed by atoms with Crippen LogP contribution in [0.25, 0.3) is 0 Å². The van der Waals surface area contributed by atoms with Crippen molar-refractivity contribution in [1.29, 1.82) is 0 Å². The number of allylic oxidation sites excluding steroid dienone is 10. The summed E-state index contributed by atoms with van der Waals surface area (Å²) in [5.41, 5.74) is 0. The van der Waals surface area contributed by atoms with Crippen LogP contribution in [-0.4, -0.2) is 46.9 Å². The molecule has 0 spiro atoms. The fourth-order valence-electron chi connectivity index (χ4n) is 6.94. The molecule has 0 aromatic rings. The molecule has 6 nitrogen and oxygen atoms in total. The molecule has 0 aliphatic heterocycles. The summed E-state index contributed by atoms with van der Waals surface area (Å²) in [6.45, 7) is 6.31. The lowest BCUT2D eigenvalue weighted by Gasteiger charge is -2.24. The van der Waals surface area contributed by atoms with Crippen molar-refractivity contribution in [1.82, 2.24) is 5.32 Å². The largest absolute Gasteiger partial charge is 0.462 e. The number of hydrogen-bond donors (Lipinski definition) is 3. The number of carbonyl (C=O) groups is 2. The number of aliphatic hydroxyl groups is 2. The number of rotatable bonds is 42. The number of carbonyl (C=O) groups excluding carboxylic acids is 2. The smallest absolute Gasteiger partial charge is 0.306 e. The van der Waals surface area contributed by atoms with Gasteiger partial charge < -0.3 is 20.3 Å². The van der Waals surface area contributed by atoms with Gasteiger partial charge in [-0.15, -0.1) is 0 Å². The van der Waals surface area contributed by atoms with Gasteiger partial charge in [-0.1, -0.05) is 184 Å². The molecule has 3 atom stereocenters. The Kier molecular flexibility index (Phi) is 42.7. The number of unbranched alkanes of at least 4 members (excludes halogenated alkanes) is 20. The highest BCUT2D eigenvalue weighted by molar-refractivity contribution is 5.77. The van der Waals surface area contributed by atoms with E-state index in [-0.39, 0.29) is 24.9 Å². The lowest BCUT2D eigenvalue weighted by atomic mass is 10.0. The first-order valence-electron chi connectivity index (χ1n) is 24.0. The van der Waals surface area contributed by atoms with E-state index in [0.717, 1.165) is 103 Å². The third kappa shape index (κ3) is 40.1. The Bertz CT molecular complexity index is 1030. The van der Waals surface area contributed by atoms with E-state index >= 15 is 0 Å². The van der Waals surface area contributed by atoms with Gasteiger partial charge in [0.1, 0.15) is 6.10 Å². The maximum absolute atomic E-state index is 13.1. The predicted molar refractivity (Wildman–Crippen MR) is 245 cm³/mol. The molecule has 1 amide bonds. The molecule has 330 valence electrons. The molecule has 0 saturated heterocycles. The van der Waals surface area contributed by atoms with Gasteiger partial charge in [-0.05, 0) is 89.9 Å². The highest BCUT2D eigenvalue weighted by Crippen LogP contribution is 2.17. The van der Waals surface area contributed by atoms with Crippen molar-refractivity contribution >= 4 is 11.9 Å². The zero-order valence-corrected chi connectivity index (χ0v) is 37.5. The second-order valence-electron chi connectivity index (χ2n) is 16.1. The van der Waals surface area contributed by atoms with Gasteiger partial charge in [0, 0.05) is 6.42 Å². The Labute approximate surface area is 352 Å². The quantitative estimate of drug-likeness (QED) is 0.0325. The van der Waals surface area contributed by atoms with Crippen LogP contribution in [0.2, 0.25) is 0 Å². The molecule has 0 aromatic carbocycles. The van der Waals surface area contributed by atoms with Crippen molar-refractivity contribution < 1.29 is 24.5 Å². The van der Waals surface area contributed by atoms with E-state index in [4.69, 9.17) is 4.74 Å². The Morgan fingerprint density at radius 1 is 0.526 bits per heavy atom. The van der Waals surface area contributed by atoms with Crippen molar-refractivity contribution in [3.8, 4) is 0 Å². The second kappa shape index (κ2) is 44.7. The Morgan fingerprint density at radius 3 is 1.49 bits per heavy atom. The predicted octanol–water partition coefficient (Wildman–Crippen LogP) is 14.1. The molecule has 3 unspecified atom stereocenters. The van der Waals surface area contributed by atoms with Crippen molar-refractivity contribution in [3.05, 3.63) is 60.8 Å². The molecule has 0 heterocycles. The average molecular weight is 798 g/mol. The number of amides is 1. The van der Waals surface area contributed by atoms with Crippen LogP contribution in [-0.2, 0) is 14.3 Å². The summed E-state index contributed by atoms with van der Waals surface area (Å²) < 4.78 is 5.88. The van der Waals surface area contributed by atoms with Gasteiger partial charge in [0.2, 0.25) is 5.91 Å². The van der Waals surface area contributed by atoms with Gasteiger partial charge in [-0.25, -0.2) is 0 Å². The maximum Gasteiger partial charge on any atom is 0.306 e. The average Bonchev–Trinajstić information content (AvgIpc) is 3.20. The van der Waals surface area contributed by atoms with E-state index in [2.05, 4.69) is 86.8 Å². The third-order valence-electron chi connectivity index (χ3n) is 10.6. The third-order valence-corrected chi connectivity index (χ3v) is 10.6. The molecule has 0 aromatic heterocycles. The molecule has 0 saturated carbocycles. The van der Waals surface area contributed by atoms with E-state index < -0.39 is 18.2 Å². The summed E-state index contributed by atoms with van der Waals surface area (Å²) in [5.74, 6) is -0.529. The molecule has 6 heteroatoms. The monoisotopic (exact) mass is 798 g/mol. The summed E-state index contributed by atoms with van der Waals surface area (Å²) in [6, 6.07) is -0.712. The van der Waals surface area contributed by atoms with Crippen LogP contribution in [0.3, 0.4) is 0 Å². The number of esters is 1. The maximum atomic E-state index is 13.1. The molecule has 0 fully saturated rings. The Morgan fingerprint density at radius 2 is 0.947 bits per heavy atom. The van der Waals surface area contributed by atoms with Gasteiger partial charge >= 0.3 is 5.97 Å². The number of nitrogens with one attached hydrogen (secondary N) is 1. The zero-order chi connectivity index (χ0) is 41.7. The van der Waals surface area contributed by atoms with Gasteiger partial charge in [0.15, 0.2) is 0 Å². The highest BCUT2D eigenvalue weighted by Gasteiger charge is 2.24. The van der Waals surface area contributed by atoms with Crippen molar-refractivity contribution in [2.45, 2.75) is 244 Å². The van der Waals surface area contributed by atoms with Crippen LogP contribution in [0, 0.1) is 0 Å². The summed E-state index contributed by atoms with van der Waals surface area (Å²) in [6.07, 6.45) is 54.2. The number of aliphatic hydroxyl groups excluding tert-OH is 2. The summed E-state index contributed by atoms with van der Waals surface area (Å²) in [7, 11) is 0. The standard InChI is InChI=1S/C51H91NO5/c1-4-7-10-13-16-19-22-24-25-26-27-29-32-35-38-41-44-51(56)57-47(42-39-36-33-30-21-18-15-12-9-6-3)45-50(55)52-48(46-53)49(54)43-40-37-34-31-28-23-20-17-14-11-8-5-2/h7,10,16,18-19,21,24-25,27,29,47-49,53-54H,4-6,8-9,11-15,17,20,22-23,26,28,30-46H2,1-3H3,(H,52,55)/b10-7+,19-16+,21-18-,25-24+,29-27+. The number of ether oxygens (including phenoxy) is 1. The zero-order valence-electron chi connectivity index (χ0n) is 37.5. The SMILES string of the molecule is CC/C=C/C/C=C/C/C=C/C/C=C/CCCCCC(=O)OC(CCCCC/C=C\CCCCC)CC(=O)NC(CO)C(O)CCCCCCCCCCCCCC. The molecular weight excluding hydrogens is 707 g/mol. The van der Waals surface area contributed by atoms with Crippen LogP contribution in [0.1, 0.15) is 226 Å². The van der Waals surface area contributed by atoms with E-state index in [1.807, 2.05) is 0 Å². The molecule has 0 aliphatic carbocycles. The molecule has 0 aliphatic rings. The molecule has 3 N–H and O–H groups in total. The van der Waals surface area contributed by atoms with Crippen LogP contribution < -0.4 is 5.32 Å². The molecule has 0 bridgehead atoms. The summed E-state index contributed by atoms with van der Waals surface area (Å²) >= 11 is 0. The minimum atomic E-state index is -0.797. The van der Waals surface area contributed by atoms with Gasteiger partial charge in [-0.3, -0.25) is 9.59 Å². The van der Waals surface area contributed by atoms with E-state index in [0.29, 0.717) is 19.3 Å². The van der Waals surface area contributed by atoms with Crippen molar-refractivity contribution in [2.24, 2.45) is 0 Å². The van der Waals surface area contributed by atoms with Gasteiger partial charge in [-0.2, -0.15) is 0 Å². The highest BCUT2D eigenvalue weighted by atomic mass is 16.5. The first-order chi connectivity index (χ1) is 28.0. The topological polar surface area (TPSA) is 95.9 Å². The first kappa shape index (κ1) is 54.6. The Balaban J connectivity index is 4.61. The fraction of sp³-hybridized carbons (Fsp3) is 0.765. The van der Waals surface area contributed by atoms with Crippen LogP contribution >= 0.6 is 0 Å². The molecule has 0 rings (SSSR count). The van der Waals surface area contributed by atoms with Gasteiger partial charge in [0.05, 0.1) is 25.2 Å². The lowest BCUT2D eigenvalue weighted by molar-refractivity contribution is -0.151. The molecule has 57 heavy (non-hydrogen) atoms. The van der Waals surface area contributed by atoms with Crippen LogP contribution in [0.5, 0.6) is 0 Å². The van der Waals surface area contributed by atoms with Crippen LogP contribution in [0.4, 0.5) is 0 Å². The van der Waals surface area contributed by atoms with Gasteiger partial charge in [0.25, 0.3) is 0 Å². The van der Waals surface area contributed by atoms with E-state index in [9.17, 15) is 19.8 Å². The number of hydrogen-bond acceptors (Lipinski definition) is 5. The fourth-order valence-corrected chi connectivity index (χ4v) is 6.94. The molecular formula is C51H91NO5. The van der Waals surface area contributed by atoms with E-state index in [1.165, 1.54) is 77.0 Å².